The van der Waals surface area contributed by atoms with E-state index in [0.717, 1.165) is 45.0 Å². The van der Waals surface area contributed by atoms with Gasteiger partial charge < -0.3 is 14.8 Å². The Morgan fingerprint density at radius 3 is 2.86 bits per heavy atom. The largest absolute Gasteiger partial charge is 0.357 e. The molecule has 4 rings (SSSR count). The van der Waals surface area contributed by atoms with Crippen LogP contribution in [0.5, 0.6) is 0 Å². The Morgan fingerprint density at radius 1 is 1.21 bits per heavy atom. The summed E-state index contributed by atoms with van der Waals surface area (Å²) in [7, 11) is 0. The van der Waals surface area contributed by atoms with E-state index in [-0.39, 0.29) is 24.0 Å². The van der Waals surface area contributed by atoms with Gasteiger partial charge in [0.2, 0.25) is 0 Å². The summed E-state index contributed by atoms with van der Waals surface area (Å²) in [4.78, 5) is 12.4. The first-order chi connectivity index (χ1) is 13.3. The average molecular weight is 518 g/mol. The summed E-state index contributed by atoms with van der Waals surface area (Å²) in [6.45, 7) is 7.37. The van der Waals surface area contributed by atoms with Crippen LogP contribution in [0.15, 0.2) is 11.2 Å². The Morgan fingerprint density at radius 2 is 2.07 bits per heavy atom. The van der Waals surface area contributed by atoms with Crippen molar-refractivity contribution in [2.45, 2.75) is 76.0 Å². The van der Waals surface area contributed by atoms with Crippen molar-refractivity contribution in [2.75, 3.05) is 31.9 Å². The van der Waals surface area contributed by atoms with Crippen LogP contribution in [0.1, 0.15) is 63.4 Å². The SMILES string of the molecule is CCNC(=NCCc1cn2c(n1)CCCC2)N1CCSC2(CCCCC2)C1.I. The number of hydrogen-bond acceptors (Lipinski definition) is 3. The number of aryl methyl sites for hydroxylation is 2. The van der Waals surface area contributed by atoms with E-state index < -0.39 is 0 Å². The molecule has 0 unspecified atom stereocenters. The molecule has 1 N–H and O–H groups in total. The Labute approximate surface area is 191 Å². The van der Waals surface area contributed by atoms with Gasteiger partial charge in [0, 0.05) is 62.3 Å². The second kappa shape index (κ2) is 10.5. The first-order valence-corrected chi connectivity index (χ1v) is 12.0. The first kappa shape index (κ1) is 22.2. The van der Waals surface area contributed by atoms with E-state index in [2.05, 4.69) is 39.7 Å². The third-order valence-electron chi connectivity index (χ3n) is 6.24. The van der Waals surface area contributed by atoms with Crippen LogP contribution in [-0.4, -0.2) is 57.1 Å². The highest BCUT2D eigenvalue weighted by molar-refractivity contribution is 14.0. The number of halogens is 1. The lowest BCUT2D eigenvalue weighted by atomic mass is 9.87. The quantitative estimate of drug-likeness (QED) is 0.371. The molecule has 3 aliphatic rings. The normalized spacial score (nSPS) is 21.9. The molecule has 1 aliphatic carbocycles. The van der Waals surface area contributed by atoms with Gasteiger partial charge in [-0.15, -0.1) is 24.0 Å². The van der Waals surface area contributed by atoms with Crippen molar-refractivity contribution in [3.63, 3.8) is 0 Å². The minimum Gasteiger partial charge on any atom is -0.357 e. The summed E-state index contributed by atoms with van der Waals surface area (Å²) in [6.07, 6.45) is 13.9. The number of aliphatic imine (C=N–C) groups is 1. The van der Waals surface area contributed by atoms with Gasteiger partial charge in [-0.2, -0.15) is 11.8 Å². The standard InChI is InChI=1S/C21H35N5S.HI/c1-2-22-20(26-14-15-27-21(17-26)10-5-3-6-11-21)23-12-9-18-16-25-13-7-4-8-19(25)24-18;/h16H,2-15,17H2,1H3,(H,22,23);1H. The second-order valence-electron chi connectivity index (χ2n) is 8.30. The van der Waals surface area contributed by atoms with Crippen LogP contribution in [0.25, 0.3) is 0 Å². The number of aromatic nitrogens is 2. The third-order valence-corrected chi connectivity index (χ3v) is 7.77. The molecule has 28 heavy (non-hydrogen) atoms. The Balaban J connectivity index is 0.00000225. The lowest BCUT2D eigenvalue weighted by molar-refractivity contribution is 0.293. The summed E-state index contributed by atoms with van der Waals surface area (Å²) < 4.78 is 2.83. The molecule has 0 aromatic carbocycles. The molecule has 5 nitrogen and oxygen atoms in total. The molecule has 0 amide bonds. The number of imidazole rings is 1. The van der Waals surface area contributed by atoms with E-state index in [1.165, 1.54) is 68.8 Å². The van der Waals surface area contributed by atoms with Crippen molar-refractivity contribution in [2.24, 2.45) is 4.99 Å². The molecule has 1 aromatic heterocycles. The zero-order valence-electron chi connectivity index (χ0n) is 17.3. The molecule has 1 aromatic rings. The number of rotatable bonds is 4. The molecular weight excluding hydrogens is 481 g/mol. The third kappa shape index (κ3) is 5.37. The Hall–Kier alpha value is -0.440. The average Bonchev–Trinajstić information content (AvgIpc) is 3.11. The second-order valence-corrected chi connectivity index (χ2v) is 9.86. The van der Waals surface area contributed by atoms with Gasteiger partial charge in [0.25, 0.3) is 0 Å². The van der Waals surface area contributed by atoms with E-state index in [4.69, 9.17) is 9.98 Å². The van der Waals surface area contributed by atoms with E-state index in [1.807, 2.05) is 0 Å². The van der Waals surface area contributed by atoms with Gasteiger partial charge in [-0.1, -0.05) is 19.3 Å². The number of hydrogen-bond donors (Lipinski definition) is 1. The highest BCUT2D eigenvalue weighted by Gasteiger charge is 2.38. The van der Waals surface area contributed by atoms with Crippen LogP contribution in [0.3, 0.4) is 0 Å². The summed E-state index contributed by atoms with van der Waals surface area (Å²) in [5, 5.41) is 3.55. The molecule has 2 aliphatic heterocycles. The van der Waals surface area contributed by atoms with Gasteiger partial charge in [-0.25, -0.2) is 4.98 Å². The van der Waals surface area contributed by atoms with Crippen LogP contribution >= 0.6 is 35.7 Å². The molecule has 1 saturated carbocycles. The van der Waals surface area contributed by atoms with E-state index in [1.54, 1.807) is 0 Å². The van der Waals surface area contributed by atoms with Crippen molar-refractivity contribution in [1.29, 1.82) is 0 Å². The van der Waals surface area contributed by atoms with Crippen molar-refractivity contribution in [3.05, 3.63) is 17.7 Å². The maximum Gasteiger partial charge on any atom is 0.193 e. The van der Waals surface area contributed by atoms with Gasteiger partial charge in [0.15, 0.2) is 5.96 Å². The number of thioether (sulfide) groups is 1. The minimum atomic E-state index is 0. The fourth-order valence-electron chi connectivity index (χ4n) is 4.82. The zero-order chi connectivity index (χ0) is 18.5. The molecule has 0 bridgehead atoms. The molecule has 1 saturated heterocycles. The lowest BCUT2D eigenvalue weighted by Crippen LogP contribution is -2.53. The van der Waals surface area contributed by atoms with E-state index in [9.17, 15) is 0 Å². The predicted molar refractivity (Wildman–Crippen MR) is 130 cm³/mol. The summed E-state index contributed by atoms with van der Waals surface area (Å²) in [6, 6.07) is 0. The van der Waals surface area contributed by atoms with Crippen LogP contribution < -0.4 is 5.32 Å². The van der Waals surface area contributed by atoms with Crippen molar-refractivity contribution in [1.82, 2.24) is 19.8 Å². The van der Waals surface area contributed by atoms with Gasteiger partial charge in [0.1, 0.15) is 5.82 Å². The highest BCUT2D eigenvalue weighted by Crippen LogP contribution is 2.42. The van der Waals surface area contributed by atoms with Crippen LogP contribution in [0, 0.1) is 0 Å². The van der Waals surface area contributed by atoms with Crippen LogP contribution in [0.4, 0.5) is 0 Å². The van der Waals surface area contributed by atoms with Gasteiger partial charge >= 0.3 is 0 Å². The van der Waals surface area contributed by atoms with Gasteiger partial charge in [-0.05, 0) is 32.6 Å². The fraction of sp³-hybridized carbons (Fsp3) is 0.810. The zero-order valence-corrected chi connectivity index (χ0v) is 20.4. The summed E-state index contributed by atoms with van der Waals surface area (Å²) >= 11 is 2.22. The van der Waals surface area contributed by atoms with Crippen LogP contribution in [0.2, 0.25) is 0 Å². The lowest BCUT2D eigenvalue weighted by Gasteiger charge is -2.45. The number of nitrogens with zero attached hydrogens (tertiary/aromatic N) is 4. The molecule has 158 valence electrons. The molecular formula is C21H36IN5S. The molecule has 1 spiro atoms. The maximum absolute atomic E-state index is 4.99. The van der Waals surface area contributed by atoms with Crippen LogP contribution in [-0.2, 0) is 19.4 Å². The minimum absolute atomic E-state index is 0. The molecule has 3 heterocycles. The molecule has 0 atom stereocenters. The Bertz CT molecular complexity index is 624. The van der Waals surface area contributed by atoms with Gasteiger partial charge in [0.05, 0.1) is 5.69 Å². The predicted octanol–water partition coefficient (Wildman–Crippen LogP) is 4.10. The number of fused-ring (bicyclic) bond motifs is 1. The monoisotopic (exact) mass is 517 g/mol. The Kier molecular flexibility index (Phi) is 8.38. The summed E-state index contributed by atoms with van der Waals surface area (Å²) in [5.41, 5.74) is 1.21. The van der Waals surface area contributed by atoms with Gasteiger partial charge in [-0.3, -0.25) is 4.99 Å². The van der Waals surface area contributed by atoms with Crippen molar-refractivity contribution in [3.8, 4) is 0 Å². The summed E-state index contributed by atoms with van der Waals surface area (Å²) in [5.74, 6) is 3.63. The number of nitrogens with one attached hydrogen (secondary N) is 1. The van der Waals surface area contributed by atoms with Crippen molar-refractivity contribution >= 4 is 41.7 Å². The molecule has 2 fully saturated rings. The van der Waals surface area contributed by atoms with Crippen molar-refractivity contribution < 1.29 is 0 Å². The molecule has 0 radical (unpaired) electrons. The van der Waals surface area contributed by atoms with E-state index in [0.29, 0.717) is 4.75 Å². The number of guanidine groups is 1. The molecule has 7 heteroatoms. The smallest absolute Gasteiger partial charge is 0.193 e. The first-order valence-electron chi connectivity index (χ1n) is 11.0. The maximum atomic E-state index is 4.99. The fourth-order valence-corrected chi connectivity index (χ4v) is 6.39. The van der Waals surface area contributed by atoms with E-state index >= 15 is 0 Å². The topological polar surface area (TPSA) is 45.5 Å². The highest BCUT2D eigenvalue weighted by atomic mass is 127.